The smallest absolute Gasteiger partial charge is 0.255 e. The van der Waals surface area contributed by atoms with Crippen molar-refractivity contribution < 1.29 is 9.53 Å². The van der Waals surface area contributed by atoms with Gasteiger partial charge in [-0.1, -0.05) is 30.3 Å². The van der Waals surface area contributed by atoms with Crippen LogP contribution in [0.4, 0.5) is 0 Å². The van der Waals surface area contributed by atoms with Crippen molar-refractivity contribution in [3.8, 4) is 12.1 Å². The van der Waals surface area contributed by atoms with E-state index in [0.717, 1.165) is 5.56 Å². The predicted octanol–water partition coefficient (Wildman–Crippen LogP) is 2.73. The summed E-state index contributed by atoms with van der Waals surface area (Å²) in [6.45, 7) is 5.73. The second kappa shape index (κ2) is 6.37. The molecule has 116 valence electrons. The summed E-state index contributed by atoms with van der Waals surface area (Å²) in [5.74, 6) is -0.294. The summed E-state index contributed by atoms with van der Waals surface area (Å²) in [5.41, 5.74) is 1.00. The molecule has 0 spiro atoms. The van der Waals surface area contributed by atoms with E-state index in [2.05, 4.69) is 5.32 Å². The largest absolute Gasteiger partial charge is 0.480 e. The first-order chi connectivity index (χ1) is 10.9. The molecule has 1 aromatic rings. The lowest BCUT2D eigenvalue weighted by Gasteiger charge is -2.20. The third-order valence-electron chi connectivity index (χ3n) is 3.84. The quantitative estimate of drug-likeness (QED) is 0.870. The zero-order chi connectivity index (χ0) is 17.0. The molecule has 1 N–H and O–H groups in total. The number of ether oxygens (including phenoxy) is 1. The number of benzene rings is 1. The fraction of sp³-hybridized carbons (Fsp3) is 0.278. The molecule has 0 radical (unpaired) electrons. The first-order valence-corrected chi connectivity index (χ1v) is 7.18. The number of hydrogen-bond acceptors (Lipinski definition) is 4. The Bertz CT molecular complexity index is 759. The Hall–Kier alpha value is -3.05. The van der Waals surface area contributed by atoms with E-state index in [0.29, 0.717) is 12.1 Å². The van der Waals surface area contributed by atoms with Gasteiger partial charge < -0.3 is 10.1 Å². The summed E-state index contributed by atoms with van der Waals surface area (Å²) in [6.07, 6.45) is 0. The minimum atomic E-state index is -0.728. The maximum atomic E-state index is 12.6. The summed E-state index contributed by atoms with van der Waals surface area (Å²) in [6, 6.07) is 13.1. The number of nitriles is 2. The maximum absolute atomic E-state index is 12.6. The average Bonchev–Trinajstić information content (AvgIpc) is 2.77. The van der Waals surface area contributed by atoms with Crippen molar-refractivity contribution >= 4 is 5.91 Å². The van der Waals surface area contributed by atoms with Gasteiger partial charge in [-0.2, -0.15) is 10.5 Å². The van der Waals surface area contributed by atoms with E-state index in [4.69, 9.17) is 15.3 Å². The lowest BCUT2D eigenvalue weighted by atomic mass is 9.96. The van der Waals surface area contributed by atoms with E-state index >= 15 is 0 Å². The molecule has 2 rings (SSSR count). The van der Waals surface area contributed by atoms with Crippen LogP contribution < -0.4 is 5.32 Å². The SMILES string of the molecule is CC1=C(C(=O)NCc2ccccc2)C(=C(C#N)C#N)OC1(C)C. The van der Waals surface area contributed by atoms with Gasteiger partial charge in [0.2, 0.25) is 0 Å². The Kier molecular flexibility index (Phi) is 4.52. The Morgan fingerprint density at radius 1 is 1.22 bits per heavy atom. The van der Waals surface area contributed by atoms with E-state index in [1.54, 1.807) is 32.9 Å². The number of carbonyl (C=O) groups is 1. The first kappa shape index (κ1) is 16.3. The van der Waals surface area contributed by atoms with Gasteiger partial charge in [0.25, 0.3) is 5.91 Å². The third kappa shape index (κ3) is 3.25. The summed E-state index contributed by atoms with van der Waals surface area (Å²) >= 11 is 0. The van der Waals surface area contributed by atoms with Crippen molar-refractivity contribution in [2.45, 2.75) is 32.9 Å². The van der Waals surface area contributed by atoms with Gasteiger partial charge in [-0.15, -0.1) is 0 Å². The minimum absolute atomic E-state index is 0.0584. The van der Waals surface area contributed by atoms with Crippen molar-refractivity contribution in [2.75, 3.05) is 0 Å². The number of rotatable bonds is 3. The molecular weight excluding hydrogens is 290 g/mol. The molecule has 1 aliphatic heterocycles. The molecule has 5 nitrogen and oxygen atoms in total. The lowest BCUT2D eigenvalue weighted by molar-refractivity contribution is -0.117. The number of nitrogens with zero attached hydrogens (tertiary/aromatic N) is 2. The van der Waals surface area contributed by atoms with E-state index in [1.807, 2.05) is 30.3 Å². The van der Waals surface area contributed by atoms with Crippen LogP contribution in [0.15, 0.2) is 52.8 Å². The zero-order valence-electron chi connectivity index (χ0n) is 13.3. The molecule has 0 aliphatic carbocycles. The maximum Gasteiger partial charge on any atom is 0.255 e. The van der Waals surface area contributed by atoms with Crippen LogP contribution in [0.25, 0.3) is 0 Å². The monoisotopic (exact) mass is 307 g/mol. The Balaban J connectivity index is 2.32. The van der Waals surface area contributed by atoms with Crippen molar-refractivity contribution in [1.82, 2.24) is 5.32 Å². The van der Waals surface area contributed by atoms with Gasteiger partial charge >= 0.3 is 0 Å². The molecule has 1 aliphatic rings. The number of carbonyl (C=O) groups excluding carboxylic acids is 1. The number of amides is 1. The number of nitrogens with one attached hydrogen (secondary N) is 1. The van der Waals surface area contributed by atoms with E-state index in [1.165, 1.54) is 0 Å². The van der Waals surface area contributed by atoms with Gasteiger partial charge in [0.05, 0.1) is 5.57 Å². The van der Waals surface area contributed by atoms with Gasteiger partial charge in [-0.05, 0) is 31.9 Å². The van der Waals surface area contributed by atoms with Gasteiger partial charge in [0, 0.05) is 6.54 Å². The molecule has 1 aromatic carbocycles. The Labute approximate surface area is 135 Å². The Morgan fingerprint density at radius 2 is 1.83 bits per heavy atom. The molecule has 0 atom stereocenters. The van der Waals surface area contributed by atoms with Gasteiger partial charge in [0.1, 0.15) is 17.7 Å². The number of hydrogen-bond donors (Lipinski definition) is 1. The standard InChI is InChI=1S/C18H17N3O2/c1-12-15(16(14(9-19)10-20)23-18(12,2)3)17(22)21-11-13-7-5-4-6-8-13/h4-8H,11H2,1-3H3,(H,21,22). The van der Waals surface area contributed by atoms with E-state index in [-0.39, 0.29) is 22.8 Å². The predicted molar refractivity (Wildman–Crippen MR) is 84.4 cm³/mol. The molecular formula is C18H17N3O2. The third-order valence-corrected chi connectivity index (χ3v) is 3.84. The molecule has 1 amide bonds. The highest BCUT2D eigenvalue weighted by Crippen LogP contribution is 2.39. The van der Waals surface area contributed by atoms with Crippen LogP contribution in [0.5, 0.6) is 0 Å². The van der Waals surface area contributed by atoms with Crippen molar-refractivity contribution in [1.29, 1.82) is 10.5 Å². The lowest BCUT2D eigenvalue weighted by Crippen LogP contribution is -2.25. The molecule has 0 fully saturated rings. The fourth-order valence-corrected chi connectivity index (χ4v) is 2.30. The van der Waals surface area contributed by atoms with Crippen LogP contribution in [0.2, 0.25) is 0 Å². The molecule has 1 heterocycles. The Morgan fingerprint density at radius 3 is 2.39 bits per heavy atom. The molecule has 5 heteroatoms. The highest BCUT2D eigenvalue weighted by atomic mass is 16.5. The summed E-state index contributed by atoms with van der Waals surface area (Å²) in [5, 5.41) is 21.0. The van der Waals surface area contributed by atoms with Crippen LogP contribution >= 0.6 is 0 Å². The topological polar surface area (TPSA) is 85.9 Å². The van der Waals surface area contributed by atoms with Crippen molar-refractivity contribution in [2.24, 2.45) is 0 Å². The second-order valence-electron chi connectivity index (χ2n) is 5.71. The highest BCUT2D eigenvalue weighted by Gasteiger charge is 2.40. The van der Waals surface area contributed by atoms with Crippen LogP contribution in [-0.4, -0.2) is 11.5 Å². The van der Waals surface area contributed by atoms with E-state index < -0.39 is 5.60 Å². The number of allylic oxidation sites excluding steroid dienone is 1. The van der Waals surface area contributed by atoms with Gasteiger partial charge in [0.15, 0.2) is 11.3 Å². The summed E-state index contributed by atoms with van der Waals surface area (Å²) in [4.78, 5) is 12.6. The minimum Gasteiger partial charge on any atom is -0.480 e. The average molecular weight is 307 g/mol. The van der Waals surface area contributed by atoms with Crippen LogP contribution in [0, 0.1) is 22.7 Å². The molecule has 23 heavy (non-hydrogen) atoms. The van der Waals surface area contributed by atoms with Crippen LogP contribution in [0.3, 0.4) is 0 Å². The van der Waals surface area contributed by atoms with Gasteiger partial charge in [-0.25, -0.2) is 0 Å². The first-order valence-electron chi connectivity index (χ1n) is 7.18. The highest BCUT2D eigenvalue weighted by molar-refractivity contribution is 5.99. The molecule has 0 saturated heterocycles. The summed E-state index contributed by atoms with van der Waals surface area (Å²) in [7, 11) is 0. The van der Waals surface area contributed by atoms with Crippen LogP contribution in [-0.2, 0) is 16.1 Å². The summed E-state index contributed by atoms with van der Waals surface area (Å²) < 4.78 is 5.69. The second-order valence-corrected chi connectivity index (χ2v) is 5.71. The fourth-order valence-electron chi connectivity index (χ4n) is 2.30. The van der Waals surface area contributed by atoms with Crippen molar-refractivity contribution in [3.05, 3.63) is 58.4 Å². The zero-order valence-corrected chi connectivity index (χ0v) is 13.3. The molecule has 0 aromatic heterocycles. The normalized spacial score (nSPS) is 15.4. The molecule has 0 bridgehead atoms. The van der Waals surface area contributed by atoms with Crippen LogP contribution in [0.1, 0.15) is 26.3 Å². The molecule has 0 saturated carbocycles. The van der Waals surface area contributed by atoms with E-state index in [9.17, 15) is 4.79 Å². The van der Waals surface area contributed by atoms with Gasteiger partial charge in [-0.3, -0.25) is 4.79 Å². The molecule has 0 unspecified atom stereocenters. The van der Waals surface area contributed by atoms with Crippen molar-refractivity contribution in [3.63, 3.8) is 0 Å².